The van der Waals surface area contributed by atoms with Gasteiger partial charge in [-0.25, -0.2) is 4.98 Å². The van der Waals surface area contributed by atoms with E-state index in [1.165, 1.54) is 0 Å². The summed E-state index contributed by atoms with van der Waals surface area (Å²) < 4.78 is 2.05. The van der Waals surface area contributed by atoms with Crippen LogP contribution in [0.5, 0.6) is 0 Å². The van der Waals surface area contributed by atoms with Gasteiger partial charge in [-0.15, -0.1) is 0 Å². The van der Waals surface area contributed by atoms with Gasteiger partial charge >= 0.3 is 0 Å². The molecular weight excluding hydrogens is 256 g/mol. The van der Waals surface area contributed by atoms with E-state index in [9.17, 15) is 10.1 Å². The molecular formula is C14H18N4O2. The number of nitrogens with one attached hydrogen (secondary N) is 1. The van der Waals surface area contributed by atoms with E-state index in [0.717, 1.165) is 38.0 Å². The maximum absolute atomic E-state index is 10.5. The molecule has 0 aliphatic heterocycles. The van der Waals surface area contributed by atoms with Crippen molar-refractivity contribution in [3.63, 3.8) is 0 Å². The first-order valence-electron chi connectivity index (χ1n) is 6.65. The molecule has 1 aromatic carbocycles. The molecule has 0 aliphatic carbocycles. The summed E-state index contributed by atoms with van der Waals surface area (Å²) in [7, 11) is 0. The molecule has 1 N–H and O–H groups in total. The zero-order chi connectivity index (χ0) is 14.2. The van der Waals surface area contributed by atoms with Gasteiger partial charge in [0, 0.05) is 31.1 Å². The standard InChI is InChI=1S/C14H18N4O2/c19-18(20)14-4-2-13(3-5-14)6-8-15-7-1-10-17-11-9-16-12-17/h2-5,9,11-12,15H,1,6-8,10H2. The maximum atomic E-state index is 10.5. The molecule has 2 rings (SSSR count). The molecule has 0 unspecified atom stereocenters. The van der Waals surface area contributed by atoms with Crippen LogP contribution in [0.2, 0.25) is 0 Å². The molecule has 6 nitrogen and oxygen atoms in total. The molecule has 0 atom stereocenters. The molecule has 6 heteroatoms. The van der Waals surface area contributed by atoms with Crippen LogP contribution in [0.25, 0.3) is 0 Å². The van der Waals surface area contributed by atoms with E-state index in [4.69, 9.17) is 0 Å². The molecule has 0 spiro atoms. The Kier molecular flexibility index (Phi) is 5.25. The lowest BCUT2D eigenvalue weighted by atomic mass is 10.1. The Hall–Kier alpha value is -2.21. The van der Waals surface area contributed by atoms with Gasteiger partial charge in [-0.1, -0.05) is 12.1 Å². The number of nitrogens with zero attached hydrogens (tertiary/aromatic N) is 3. The fraction of sp³-hybridized carbons (Fsp3) is 0.357. The Morgan fingerprint density at radius 2 is 2.05 bits per heavy atom. The third kappa shape index (κ3) is 4.47. The van der Waals surface area contributed by atoms with E-state index in [-0.39, 0.29) is 10.6 Å². The van der Waals surface area contributed by atoms with E-state index in [0.29, 0.717) is 0 Å². The van der Waals surface area contributed by atoms with Crippen molar-refractivity contribution in [2.45, 2.75) is 19.4 Å². The number of nitro groups is 1. The Bertz CT molecular complexity index is 523. The first-order chi connectivity index (χ1) is 9.75. The molecule has 1 heterocycles. The van der Waals surface area contributed by atoms with Gasteiger partial charge in [-0.2, -0.15) is 0 Å². The highest BCUT2D eigenvalue weighted by Crippen LogP contribution is 2.11. The van der Waals surface area contributed by atoms with E-state index in [2.05, 4.69) is 14.9 Å². The van der Waals surface area contributed by atoms with Gasteiger partial charge in [0.05, 0.1) is 11.3 Å². The van der Waals surface area contributed by atoms with Gasteiger partial charge in [-0.3, -0.25) is 10.1 Å². The normalized spacial score (nSPS) is 10.6. The predicted molar refractivity (Wildman–Crippen MR) is 76.5 cm³/mol. The molecule has 2 aromatic rings. The highest BCUT2D eigenvalue weighted by molar-refractivity contribution is 5.32. The lowest BCUT2D eigenvalue weighted by Gasteiger charge is -2.05. The Balaban J connectivity index is 1.59. The number of hydrogen-bond acceptors (Lipinski definition) is 4. The van der Waals surface area contributed by atoms with Crippen molar-refractivity contribution < 1.29 is 4.92 Å². The average Bonchev–Trinajstić information content (AvgIpc) is 2.96. The van der Waals surface area contributed by atoms with Gasteiger partial charge in [0.2, 0.25) is 0 Å². The van der Waals surface area contributed by atoms with Gasteiger partial charge in [0.1, 0.15) is 0 Å². The summed E-state index contributed by atoms with van der Waals surface area (Å²) in [6, 6.07) is 6.72. The van der Waals surface area contributed by atoms with Crippen molar-refractivity contribution in [2.24, 2.45) is 0 Å². The second kappa shape index (κ2) is 7.40. The van der Waals surface area contributed by atoms with E-state index in [1.54, 1.807) is 18.3 Å². The number of nitro benzene ring substituents is 1. The Morgan fingerprint density at radius 3 is 2.70 bits per heavy atom. The summed E-state index contributed by atoms with van der Waals surface area (Å²) in [5.74, 6) is 0. The Labute approximate surface area is 117 Å². The highest BCUT2D eigenvalue weighted by atomic mass is 16.6. The molecule has 0 fully saturated rings. The first kappa shape index (κ1) is 14.2. The average molecular weight is 274 g/mol. The van der Waals surface area contributed by atoms with Crippen LogP contribution in [0.3, 0.4) is 0 Å². The van der Waals surface area contributed by atoms with E-state index in [1.807, 2.05) is 24.7 Å². The van der Waals surface area contributed by atoms with Crippen molar-refractivity contribution in [2.75, 3.05) is 13.1 Å². The molecule has 0 amide bonds. The molecule has 106 valence electrons. The molecule has 0 aliphatic rings. The van der Waals surface area contributed by atoms with Crippen LogP contribution in [-0.2, 0) is 13.0 Å². The summed E-state index contributed by atoms with van der Waals surface area (Å²) >= 11 is 0. The summed E-state index contributed by atoms with van der Waals surface area (Å²) in [5, 5.41) is 13.9. The lowest BCUT2D eigenvalue weighted by Crippen LogP contribution is -2.19. The third-order valence-corrected chi connectivity index (χ3v) is 3.07. The van der Waals surface area contributed by atoms with Gasteiger partial charge in [0.15, 0.2) is 0 Å². The molecule has 0 saturated carbocycles. The number of non-ortho nitro benzene ring substituents is 1. The minimum Gasteiger partial charge on any atom is -0.337 e. The fourth-order valence-electron chi connectivity index (χ4n) is 1.95. The van der Waals surface area contributed by atoms with Crippen molar-refractivity contribution in [3.8, 4) is 0 Å². The number of aromatic nitrogens is 2. The number of benzene rings is 1. The van der Waals surface area contributed by atoms with Crippen molar-refractivity contribution >= 4 is 5.69 Å². The van der Waals surface area contributed by atoms with Crippen LogP contribution < -0.4 is 5.32 Å². The second-order valence-corrected chi connectivity index (χ2v) is 4.58. The molecule has 0 bridgehead atoms. The molecule has 20 heavy (non-hydrogen) atoms. The van der Waals surface area contributed by atoms with Crippen LogP contribution in [0.4, 0.5) is 5.69 Å². The van der Waals surface area contributed by atoms with Crippen molar-refractivity contribution in [1.82, 2.24) is 14.9 Å². The maximum Gasteiger partial charge on any atom is 0.269 e. The van der Waals surface area contributed by atoms with Crippen LogP contribution >= 0.6 is 0 Å². The number of imidazole rings is 1. The third-order valence-electron chi connectivity index (χ3n) is 3.07. The SMILES string of the molecule is O=[N+]([O-])c1ccc(CCNCCCn2ccnc2)cc1. The summed E-state index contributed by atoms with van der Waals surface area (Å²) in [4.78, 5) is 14.1. The quantitative estimate of drug-likeness (QED) is 0.454. The zero-order valence-corrected chi connectivity index (χ0v) is 11.2. The monoisotopic (exact) mass is 274 g/mol. The van der Waals surface area contributed by atoms with Crippen molar-refractivity contribution in [3.05, 3.63) is 58.7 Å². The van der Waals surface area contributed by atoms with Crippen LogP contribution in [-0.4, -0.2) is 27.6 Å². The topological polar surface area (TPSA) is 73.0 Å². The van der Waals surface area contributed by atoms with Gasteiger partial charge < -0.3 is 9.88 Å². The lowest BCUT2D eigenvalue weighted by molar-refractivity contribution is -0.384. The van der Waals surface area contributed by atoms with Gasteiger partial charge in [0.25, 0.3) is 5.69 Å². The summed E-state index contributed by atoms with van der Waals surface area (Å²) in [5.41, 5.74) is 1.25. The van der Waals surface area contributed by atoms with Gasteiger partial charge in [-0.05, 0) is 31.5 Å². The van der Waals surface area contributed by atoms with Crippen LogP contribution in [0.1, 0.15) is 12.0 Å². The minimum atomic E-state index is -0.377. The smallest absolute Gasteiger partial charge is 0.269 e. The number of aryl methyl sites for hydroxylation is 1. The predicted octanol–water partition coefficient (Wildman–Crippen LogP) is 2.01. The fourth-order valence-corrected chi connectivity index (χ4v) is 1.95. The van der Waals surface area contributed by atoms with Crippen LogP contribution in [0.15, 0.2) is 43.0 Å². The minimum absolute atomic E-state index is 0.141. The summed E-state index contributed by atoms with van der Waals surface area (Å²) in [6.07, 6.45) is 7.48. The highest BCUT2D eigenvalue weighted by Gasteiger charge is 2.03. The zero-order valence-electron chi connectivity index (χ0n) is 11.2. The summed E-state index contributed by atoms with van der Waals surface area (Å²) in [6.45, 7) is 2.79. The first-order valence-corrected chi connectivity index (χ1v) is 6.65. The van der Waals surface area contributed by atoms with E-state index >= 15 is 0 Å². The molecule has 1 aromatic heterocycles. The largest absolute Gasteiger partial charge is 0.337 e. The van der Waals surface area contributed by atoms with Crippen LogP contribution in [0, 0.1) is 10.1 Å². The van der Waals surface area contributed by atoms with Crippen molar-refractivity contribution in [1.29, 1.82) is 0 Å². The Morgan fingerprint density at radius 1 is 1.25 bits per heavy atom. The number of rotatable bonds is 8. The second-order valence-electron chi connectivity index (χ2n) is 4.58. The van der Waals surface area contributed by atoms with E-state index < -0.39 is 0 Å². The number of hydrogen-bond donors (Lipinski definition) is 1. The molecule has 0 saturated heterocycles. The molecule has 0 radical (unpaired) electrons.